The second-order valence-corrected chi connectivity index (χ2v) is 4.57. The third kappa shape index (κ3) is 2.89. The number of benzene rings is 1. The Morgan fingerprint density at radius 2 is 1.89 bits per heavy atom. The van der Waals surface area contributed by atoms with Gasteiger partial charge < -0.3 is 10.1 Å². The summed E-state index contributed by atoms with van der Waals surface area (Å²) in [7, 11) is 1.65. The molecule has 0 spiro atoms. The molecule has 0 aliphatic carbocycles. The minimum atomic E-state index is -0.127. The maximum absolute atomic E-state index is 11.9. The van der Waals surface area contributed by atoms with Gasteiger partial charge in [-0.1, -0.05) is 12.1 Å². The standard InChI is InChI=1S/C14H20N2O2/c1-11(17)14(16-9-7-15-8-10-16)12-3-5-13(18-2)6-4-12/h3-6,14-15H,7-10H2,1-2H3. The zero-order valence-corrected chi connectivity index (χ0v) is 11.0. The smallest absolute Gasteiger partial charge is 0.151 e. The fraction of sp³-hybridized carbons (Fsp3) is 0.500. The van der Waals surface area contributed by atoms with E-state index >= 15 is 0 Å². The topological polar surface area (TPSA) is 41.6 Å². The Kier molecular flexibility index (Phi) is 4.33. The number of piperazine rings is 1. The molecule has 2 rings (SSSR count). The summed E-state index contributed by atoms with van der Waals surface area (Å²) < 4.78 is 5.15. The zero-order chi connectivity index (χ0) is 13.0. The van der Waals surface area contributed by atoms with E-state index in [4.69, 9.17) is 4.74 Å². The third-order valence-electron chi connectivity index (χ3n) is 3.33. The largest absolute Gasteiger partial charge is 0.497 e. The van der Waals surface area contributed by atoms with E-state index in [1.165, 1.54) is 0 Å². The lowest BCUT2D eigenvalue weighted by Crippen LogP contribution is -2.46. The molecule has 1 aromatic rings. The Morgan fingerprint density at radius 1 is 1.28 bits per heavy atom. The highest BCUT2D eigenvalue weighted by Gasteiger charge is 2.25. The van der Waals surface area contributed by atoms with Gasteiger partial charge in [-0.2, -0.15) is 0 Å². The van der Waals surface area contributed by atoms with Crippen LogP contribution in [0.4, 0.5) is 0 Å². The number of rotatable bonds is 4. The first-order chi connectivity index (χ1) is 8.72. The number of ether oxygens (including phenoxy) is 1. The predicted octanol–water partition coefficient (Wildman–Crippen LogP) is 1.23. The molecule has 0 bridgehead atoms. The molecule has 1 aliphatic heterocycles. The van der Waals surface area contributed by atoms with Crippen LogP contribution in [0.15, 0.2) is 24.3 Å². The Hall–Kier alpha value is -1.39. The van der Waals surface area contributed by atoms with Gasteiger partial charge in [0.25, 0.3) is 0 Å². The fourth-order valence-electron chi connectivity index (χ4n) is 2.43. The molecular formula is C14H20N2O2. The van der Waals surface area contributed by atoms with Gasteiger partial charge in [0.1, 0.15) is 5.75 Å². The molecule has 1 aromatic carbocycles. The number of nitrogens with zero attached hydrogens (tertiary/aromatic N) is 1. The Morgan fingerprint density at radius 3 is 2.39 bits per heavy atom. The predicted molar refractivity (Wildman–Crippen MR) is 70.9 cm³/mol. The summed E-state index contributed by atoms with van der Waals surface area (Å²) in [5.74, 6) is 1.02. The second kappa shape index (κ2) is 5.98. The van der Waals surface area contributed by atoms with Crippen molar-refractivity contribution in [3.63, 3.8) is 0 Å². The van der Waals surface area contributed by atoms with E-state index in [0.29, 0.717) is 0 Å². The molecule has 1 N–H and O–H groups in total. The van der Waals surface area contributed by atoms with Crippen LogP contribution in [0.1, 0.15) is 18.5 Å². The van der Waals surface area contributed by atoms with E-state index < -0.39 is 0 Å². The average Bonchev–Trinajstić information content (AvgIpc) is 2.40. The number of carbonyl (C=O) groups excluding carboxylic acids is 1. The summed E-state index contributed by atoms with van der Waals surface area (Å²) in [4.78, 5) is 14.1. The highest BCUT2D eigenvalue weighted by Crippen LogP contribution is 2.24. The van der Waals surface area contributed by atoms with Crippen LogP contribution < -0.4 is 10.1 Å². The van der Waals surface area contributed by atoms with Crippen LogP contribution in [0.2, 0.25) is 0 Å². The zero-order valence-electron chi connectivity index (χ0n) is 11.0. The Balaban J connectivity index is 2.20. The molecule has 98 valence electrons. The lowest BCUT2D eigenvalue weighted by atomic mass is 10.0. The van der Waals surface area contributed by atoms with Crippen LogP contribution in [0.3, 0.4) is 0 Å². The minimum Gasteiger partial charge on any atom is -0.497 e. The van der Waals surface area contributed by atoms with E-state index in [1.807, 2.05) is 24.3 Å². The quantitative estimate of drug-likeness (QED) is 0.870. The van der Waals surface area contributed by atoms with Crippen molar-refractivity contribution in [2.24, 2.45) is 0 Å². The molecule has 1 aliphatic rings. The highest BCUT2D eigenvalue weighted by atomic mass is 16.5. The molecule has 0 aromatic heterocycles. The molecule has 1 fully saturated rings. The maximum atomic E-state index is 11.9. The van der Waals surface area contributed by atoms with Gasteiger partial charge in [0.15, 0.2) is 5.78 Å². The first-order valence-electron chi connectivity index (χ1n) is 6.31. The lowest BCUT2D eigenvalue weighted by molar-refractivity contribution is -0.122. The van der Waals surface area contributed by atoms with Crippen LogP contribution >= 0.6 is 0 Å². The maximum Gasteiger partial charge on any atom is 0.151 e. The van der Waals surface area contributed by atoms with Gasteiger partial charge in [0.05, 0.1) is 13.2 Å². The number of nitrogens with one attached hydrogen (secondary N) is 1. The fourth-order valence-corrected chi connectivity index (χ4v) is 2.43. The Bertz CT molecular complexity index is 397. The van der Waals surface area contributed by atoms with Crippen molar-refractivity contribution < 1.29 is 9.53 Å². The van der Waals surface area contributed by atoms with Gasteiger partial charge in [-0.25, -0.2) is 0 Å². The minimum absolute atomic E-state index is 0.127. The number of Topliss-reactive ketones (excluding diaryl/α,β-unsaturated/α-hetero) is 1. The van der Waals surface area contributed by atoms with Crippen molar-refractivity contribution in [1.29, 1.82) is 0 Å². The first-order valence-corrected chi connectivity index (χ1v) is 6.31. The van der Waals surface area contributed by atoms with Gasteiger partial charge in [0.2, 0.25) is 0 Å². The summed E-state index contributed by atoms with van der Waals surface area (Å²) in [6.45, 7) is 5.38. The van der Waals surface area contributed by atoms with Crippen molar-refractivity contribution in [2.75, 3.05) is 33.3 Å². The van der Waals surface area contributed by atoms with Crippen LogP contribution in [0.5, 0.6) is 5.75 Å². The molecule has 1 saturated heterocycles. The summed E-state index contributed by atoms with van der Waals surface area (Å²) in [6, 6.07) is 7.65. The monoisotopic (exact) mass is 248 g/mol. The lowest BCUT2D eigenvalue weighted by Gasteiger charge is -2.33. The van der Waals surface area contributed by atoms with Crippen molar-refractivity contribution in [2.45, 2.75) is 13.0 Å². The molecule has 0 amide bonds. The average molecular weight is 248 g/mol. The van der Waals surface area contributed by atoms with Crippen LogP contribution in [-0.2, 0) is 4.79 Å². The molecule has 1 unspecified atom stereocenters. The van der Waals surface area contributed by atoms with Crippen molar-refractivity contribution >= 4 is 5.78 Å². The Labute approximate surface area is 108 Å². The summed E-state index contributed by atoms with van der Waals surface area (Å²) in [5, 5.41) is 3.31. The van der Waals surface area contributed by atoms with Crippen molar-refractivity contribution in [1.82, 2.24) is 10.2 Å². The number of carbonyl (C=O) groups is 1. The normalized spacial score (nSPS) is 18.3. The van der Waals surface area contributed by atoms with Gasteiger partial charge in [-0.3, -0.25) is 9.69 Å². The molecule has 1 atom stereocenters. The SMILES string of the molecule is COc1ccc(C(C(C)=O)N2CCNCC2)cc1. The summed E-state index contributed by atoms with van der Waals surface area (Å²) in [6.07, 6.45) is 0. The summed E-state index contributed by atoms with van der Waals surface area (Å²) in [5.41, 5.74) is 1.05. The molecule has 4 nitrogen and oxygen atoms in total. The number of ketones is 1. The third-order valence-corrected chi connectivity index (χ3v) is 3.33. The molecule has 4 heteroatoms. The number of hydrogen-bond acceptors (Lipinski definition) is 4. The van der Waals surface area contributed by atoms with E-state index in [-0.39, 0.29) is 11.8 Å². The first kappa shape index (κ1) is 13.1. The molecule has 0 saturated carbocycles. The van der Waals surface area contributed by atoms with Gasteiger partial charge >= 0.3 is 0 Å². The molecule has 18 heavy (non-hydrogen) atoms. The number of hydrogen-bond donors (Lipinski definition) is 1. The van der Waals surface area contributed by atoms with E-state index in [9.17, 15) is 4.79 Å². The van der Waals surface area contributed by atoms with Gasteiger partial charge in [0, 0.05) is 26.2 Å². The summed E-state index contributed by atoms with van der Waals surface area (Å²) >= 11 is 0. The van der Waals surface area contributed by atoms with Crippen LogP contribution in [-0.4, -0.2) is 44.0 Å². The van der Waals surface area contributed by atoms with Crippen LogP contribution in [0, 0.1) is 0 Å². The highest BCUT2D eigenvalue weighted by molar-refractivity contribution is 5.83. The van der Waals surface area contributed by atoms with E-state index in [2.05, 4.69) is 10.2 Å². The number of methoxy groups -OCH3 is 1. The molecular weight excluding hydrogens is 228 g/mol. The molecule has 0 radical (unpaired) electrons. The van der Waals surface area contributed by atoms with Gasteiger partial charge in [-0.05, 0) is 24.6 Å². The van der Waals surface area contributed by atoms with E-state index in [0.717, 1.165) is 37.5 Å². The second-order valence-electron chi connectivity index (χ2n) is 4.57. The van der Waals surface area contributed by atoms with Crippen molar-refractivity contribution in [3.8, 4) is 5.75 Å². The molecule has 1 heterocycles. The van der Waals surface area contributed by atoms with Crippen LogP contribution in [0.25, 0.3) is 0 Å². The van der Waals surface area contributed by atoms with E-state index in [1.54, 1.807) is 14.0 Å². The van der Waals surface area contributed by atoms with Gasteiger partial charge in [-0.15, -0.1) is 0 Å². The van der Waals surface area contributed by atoms with Crippen molar-refractivity contribution in [3.05, 3.63) is 29.8 Å².